The van der Waals surface area contributed by atoms with Crippen molar-refractivity contribution in [2.45, 2.75) is 32.2 Å². The van der Waals surface area contributed by atoms with Crippen LogP contribution in [0.3, 0.4) is 0 Å². The van der Waals surface area contributed by atoms with Crippen LogP contribution in [0.25, 0.3) is 0 Å². The first-order chi connectivity index (χ1) is 9.83. The Morgan fingerprint density at radius 2 is 2.10 bits per heavy atom. The van der Waals surface area contributed by atoms with Crippen molar-refractivity contribution in [3.8, 4) is 11.5 Å². The molecular formula is C14H18ClNO5. The zero-order valence-corrected chi connectivity index (χ0v) is 12.6. The quantitative estimate of drug-likeness (QED) is 0.715. The van der Waals surface area contributed by atoms with Crippen molar-refractivity contribution < 1.29 is 24.5 Å². The van der Waals surface area contributed by atoms with Gasteiger partial charge in [-0.25, -0.2) is 0 Å². The summed E-state index contributed by atoms with van der Waals surface area (Å²) < 4.78 is 5.01. The van der Waals surface area contributed by atoms with Gasteiger partial charge < -0.3 is 20.3 Å². The fraction of sp³-hybridized carbons (Fsp3) is 0.429. The summed E-state index contributed by atoms with van der Waals surface area (Å²) in [7, 11) is 1.41. The minimum atomic E-state index is -0.946. The largest absolute Gasteiger partial charge is 0.504 e. The second-order valence-corrected chi connectivity index (χ2v) is 5.09. The maximum atomic E-state index is 11.2. The van der Waals surface area contributed by atoms with E-state index in [4.69, 9.17) is 21.4 Å². The Bertz CT molecular complexity index is 532. The van der Waals surface area contributed by atoms with Crippen LogP contribution < -0.4 is 10.1 Å². The van der Waals surface area contributed by atoms with Crippen molar-refractivity contribution in [2.24, 2.45) is 0 Å². The van der Waals surface area contributed by atoms with E-state index in [1.165, 1.54) is 20.1 Å². The van der Waals surface area contributed by atoms with Crippen molar-refractivity contribution in [3.05, 3.63) is 22.7 Å². The van der Waals surface area contributed by atoms with Crippen LogP contribution in [0.1, 0.15) is 25.3 Å². The third-order valence-electron chi connectivity index (χ3n) is 2.92. The van der Waals surface area contributed by atoms with E-state index >= 15 is 0 Å². The molecule has 0 bridgehead atoms. The monoisotopic (exact) mass is 315 g/mol. The molecule has 0 aliphatic heterocycles. The fourth-order valence-corrected chi connectivity index (χ4v) is 2.25. The number of hydrogen-bond donors (Lipinski definition) is 3. The van der Waals surface area contributed by atoms with Gasteiger partial charge in [-0.3, -0.25) is 9.59 Å². The van der Waals surface area contributed by atoms with Crippen molar-refractivity contribution in [3.63, 3.8) is 0 Å². The van der Waals surface area contributed by atoms with Gasteiger partial charge in [0.15, 0.2) is 11.5 Å². The summed E-state index contributed by atoms with van der Waals surface area (Å²) in [6.45, 7) is 1.35. The van der Waals surface area contributed by atoms with E-state index in [-0.39, 0.29) is 36.7 Å². The molecule has 0 saturated carbocycles. The molecule has 7 heteroatoms. The molecule has 0 aliphatic carbocycles. The molecule has 0 aliphatic rings. The van der Waals surface area contributed by atoms with Gasteiger partial charge in [0.05, 0.1) is 7.11 Å². The molecule has 6 nitrogen and oxygen atoms in total. The predicted octanol–water partition coefficient (Wildman–Crippen LogP) is 1.97. The third kappa shape index (κ3) is 5.51. The van der Waals surface area contributed by atoms with Crippen LogP contribution >= 0.6 is 11.6 Å². The third-order valence-corrected chi connectivity index (χ3v) is 3.14. The molecule has 1 rings (SSSR count). The van der Waals surface area contributed by atoms with Gasteiger partial charge in [-0.05, 0) is 18.9 Å². The number of carboxylic acids is 1. The van der Waals surface area contributed by atoms with Gasteiger partial charge in [0.25, 0.3) is 0 Å². The van der Waals surface area contributed by atoms with Crippen molar-refractivity contribution in [1.82, 2.24) is 5.32 Å². The smallest absolute Gasteiger partial charge is 0.303 e. The summed E-state index contributed by atoms with van der Waals surface area (Å²) in [5.41, 5.74) is 0.489. The van der Waals surface area contributed by atoms with Crippen LogP contribution in [-0.4, -0.2) is 35.2 Å². The zero-order chi connectivity index (χ0) is 16.0. The lowest BCUT2D eigenvalue weighted by Crippen LogP contribution is -2.35. The Balaban J connectivity index is 2.93. The minimum Gasteiger partial charge on any atom is -0.504 e. The predicted molar refractivity (Wildman–Crippen MR) is 77.8 cm³/mol. The molecule has 1 aromatic rings. The Morgan fingerprint density at radius 1 is 1.43 bits per heavy atom. The van der Waals surface area contributed by atoms with E-state index in [0.717, 1.165) is 0 Å². The molecule has 1 unspecified atom stereocenters. The number of halogens is 1. The van der Waals surface area contributed by atoms with Crippen LogP contribution in [0.15, 0.2) is 12.1 Å². The van der Waals surface area contributed by atoms with Gasteiger partial charge in [0.2, 0.25) is 5.91 Å². The first kappa shape index (κ1) is 17.1. The van der Waals surface area contributed by atoms with Gasteiger partial charge in [-0.1, -0.05) is 11.6 Å². The van der Waals surface area contributed by atoms with Crippen LogP contribution in [0, 0.1) is 0 Å². The van der Waals surface area contributed by atoms with E-state index in [9.17, 15) is 14.7 Å². The van der Waals surface area contributed by atoms with Crippen molar-refractivity contribution in [2.75, 3.05) is 7.11 Å². The number of carbonyl (C=O) groups excluding carboxylic acids is 1. The standard InChI is InChI=1S/C14H18ClNO5/c1-8(17)16-11(3-4-13(18)19)6-9-5-10(15)7-12(21-2)14(9)20/h5,7,11,20H,3-4,6H2,1-2H3,(H,16,17)(H,18,19). The maximum Gasteiger partial charge on any atom is 0.303 e. The van der Waals surface area contributed by atoms with E-state index in [1.54, 1.807) is 6.07 Å². The van der Waals surface area contributed by atoms with Gasteiger partial charge >= 0.3 is 5.97 Å². The number of ether oxygens (including phenoxy) is 1. The molecule has 0 spiro atoms. The highest BCUT2D eigenvalue weighted by Crippen LogP contribution is 2.34. The fourth-order valence-electron chi connectivity index (χ4n) is 2.02. The highest BCUT2D eigenvalue weighted by atomic mass is 35.5. The molecule has 0 fully saturated rings. The summed E-state index contributed by atoms with van der Waals surface area (Å²) in [5.74, 6) is -1.04. The number of phenolic OH excluding ortho intramolecular Hbond substituents is 1. The minimum absolute atomic E-state index is 0.0624. The lowest BCUT2D eigenvalue weighted by atomic mass is 10.0. The lowest BCUT2D eigenvalue weighted by Gasteiger charge is -2.18. The second-order valence-electron chi connectivity index (χ2n) is 4.65. The molecule has 0 heterocycles. The number of carbonyl (C=O) groups is 2. The molecule has 1 amide bonds. The molecule has 0 aromatic heterocycles. The Morgan fingerprint density at radius 3 is 2.62 bits per heavy atom. The Hall–Kier alpha value is -1.95. The molecule has 0 saturated heterocycles. The summed E-state index contributed by atoms with van der Waals surface area (Å²) in [6, 6.07) is 2.63. The van der Waals surface area contributed by atoms with Crippen LogP contribution in [0.2, 0.25) is 5.02 Å². The molecule has 21 heavy (non-hydrogen) atoms. The highest BCUT2D eigenvalue weighted by molar-refractivity contribution is 6.30. The number of methoxy groups -OCH3 is 1. The Labute approximate surface area is 127 Å². The van der Waals surface area contributed by atoms with Crippen LogP contribution in [-0.2, 0) is 16.0 Å². The van der Waals surface area contributed by atoms with Crippen LogP contribution in [0.4, 0.5) is 0 Å². The number of carboxylic acid groups (broad SMARTS) is 1. The number of benzene rings is 1. The summed E-state index contributed by atoms with van der Waals surface area (Å²) in [5, 5.41) is 21.9. The molecular weight excluding hydrogens is 298 g/mol. The summed E-state index contributed by atoms with van der Waals surface area (Å²) >= 11 is 5.94. The van der Waals surface area contributed by atoms with E-state index in [0.29, 0.717) is 10.6 Å². The second kappa shape index (κ2) is 7.73. The number of aromatic hydroxyl groups is 1. The van der Waals surface area contributed by atoms with Gasteiger partial charge in [-0.2, -0.15) is 0 Å². The average Bonchev–Trinajstić information content (AvgIpc) is 2.39. The van der Waals surface area contributed by atoms with Gasteiger partial charge in [0.1, 0.15) is 0 Å². The topological polar surface area (TPSA) is 95.9 Å². The molecule has 3 N–H and O–H groups in total. The van der Waals surface area contributed by atoms with Gasteiger partial charge in [0, 0.05) is 36.0 Å². The summed E-state index contributed by atoms with van der Waals surface area (Å²) in [6.07, 6.45) is 0.433. The van der Waals surface area contributed by atoms with E-state index < -0.39 is 12.0 Å². The highest BCUT2D eigenvalue weighted by Gasteiger charge is 2.17. The molecule has 1 atom stereocenters. The van der Waals surface area contributed by atoms with Crippen molar-refractivity contribution in [1.29, 1.82) is 0 Å². The number of aliphatic carboxylic acids is 1. The maximum absolute atomic E-state index is 11.2. The number of phenols is 1. The first-order valence-electron chi connectivity index (χ1n) is 6.37. The zero-order valence-electron chi connectivity index (χ0n) is 11.9. The lowest BCUT2D eigenvalue weighted by molar-refractivity contribution is -0.137. The normalized spacial score (nSPS) is 11.8. The number of rotatable bonds is 7. The molecule has 0 radical (unpaired) electrons. The van der Waals surface area contributed by atoms with Crippen molar-refractivity contribution >= 4 is 23.5 Å². The van der Waals surface area contributed by atoms with Gasteiger partial charge in [-0.15, -0.1) is 0 Å². The van der Waals surface area contributed by atoms with E-state index in [2.05, 4.69) is 5.32 Å². The van der Waals surface area contributed by atoms with E-state index in [1.807, 2.05) is 0 Å². The number of nitrogens with one attached hydrogen (secondary N) is 1. The number of hydrogen-bond acceptors (Lipinski definition) is 4. The first-order valence-corrected chi connectivity index (χ1v) is 6.75. The summed E-state index contributed by atoms with van der Waals surface area (Å²) in [4.78, 5) is 21.9. The average molecular weight is 316 g/mol. The number of amides is 1. The molecule has 116 valence electrons. The Kier molecular flexibility index (Phi) is 6.30. The molecule has 1 aromatic carbocycles. The van der Waals surface area contributed by atoms with Crippen LogP contribution in [0.5, 0.6) is 11.5 Å². The SMILES string of the molecule is COc1cc(Cl)cc(CC(CCC(=O)O)NC(C)=O)c1O.